The first-order valence-corrected chi connectivity index (χ1v) is 9.16. The van der Waals surface area contributed by atoms with E-state index in [1.54, 1.807) is 36.3 Å². The van der Waals surface area contributed by atoms with Crippen LogP contribution in [-0.4, -0.2) is 72.9 Å². The summed E-state index contributed by atoms with van der Waals surface area (Å²) in [5, 5.41) is 13.5. The van der Waals surface area contributed by atoms with E-state index in [1.807, 2.05) is 0 Å². The molecule has 2 heterocycles. The van der Waals surface area contributed by atoms with Gasteiger partial charge in [-0.1, -0.05) is 0 Å². The number of carbonyl (C=O) groups is 2. The quantitative estimate of drug-likeness (QED) is 0.549. The topological polar surface area (TPSA) is 118 Å². The predicted molar refractivity (Wildman–Crippen MR) is 103 cm³/mol. The average Bonchev–Trinajstić information content (AvgIpc) is 3.24. The van der Waals surface area contributed by atoms with Crippen LogP contribution in [0.25, 0.3) is 0 Å². The molecule has 10 nitrogen and oxygen atoms in total. The molecule has 0 radical (unpaired) electrons. The van der Waals surface area contributed by atoms with Gasteiger partial charge in [0, 0.05) is 44.8 Å². The Morgan fingerprint density at radius 1 is 1.14 bits per heavy atom. The highest BCUT2D eigenvalue weighted by molar-refractivity contribution is 5.94. The van der Waals surface area contributed by atoms with E-state index >= 15 is 0 Å². The molecule has 154 valence electrons. The second kappa shape index (κ2) is 9.20. The van der Waals surface area contributed by atoms with E-state index in [2.05, 4.69) is 10.2 Å². The summed E-state index contributed by atoms with van der Waals surface area (Å²) in [6.45, 7) is 3.42. The van der Waals surface area contributed by atoms with Crippen LogP contribution >= 0.6 is 0 Å². The molecule has 1 aliphatic rings. The molecule has 0 aliphatic carbocycles. The smallest absolute Gasteiger partial charge is 0.433 e. The predicted octanol–water partition coefficient (Wildman–Crippen LogP) is 1.38. The molecule has 0 spiro atoms. The maximum Gasteiger partial charge on any atom is 0.433 e. The van der Waals surface area contributed by atoms with E-state index in [-0.39, 0.29) is 17.6 Å². The van der Waals surface area contributed by atoms with Crippen LogP contribution in [0.1, 0.15) is 20.9 Å². The Morgan fingerprint density at radius 3 is 2.41 bits per heavy atom. The van der Waals surface area contributed by atoms with Crippen LogP contribution in [0.4, 0.5) is 5.88 Å². The molecule has 1 saturated heterocycles. The number of hydrogen-bond donors (Lipinski definition) is 1. The lowest BCUT2D eigenvalue weighted by Crippen LogP contribution is -2.50. The number of nitrogens with zero attached hydrogens (tertiary/aromatic N) is 3. The second-order valence-corrected chi connectivity index (χ2v) is 6.51. The fourth-order valence-electron chi connectivity index (χ4n) is 3.04. The minimum absolute atomic E-state index is 0.0306. The third-order valence-corrected chi connectivity index (χ3v) is 4.71. The van der Waals surface area contributed by atoms with Gasteiger partial charge in [-0.2, -0.15) is 0 Å². The zero-order valence-electron chi connectivity index (χ0n) is 16.0. The number of piperazine rings is 1. The molecule has 29 heavy (non-hydrogen) atoms. The Kier molecular flexibility index (Phi) is 6.45. The van der Waals surface area contributed by atoms with Gasteiger partial charge in [0.25, 0.3) is 11.8 Å². The molecule has 2 aromatic rings. The van der Waals surface area contributed by atoms with Gasteiger partial charge in [-0.3, -0.25) is 24.6 Å². The largest absolute Gasteiger partial charge is 0.497 e. The molecule has 10 heteroatoms. The standard InChI is InChI=1S/C19H22N4O6/c1-28-15-4-2-14(3-5-15)18(24)20-8-9-21-10-12-22(13-11-21)19(25)16-6-7-17(29-16)23(26)27/h2-7H,8-13H2,1H3,(H,20,24). The van der Waals surface area contributed by atoms with Gasteiger partial charge in [-0.15, -0.1) is 0 Å². The van der Waals surface area contributed by atoms with E-state index in [9.17, 15) is 19.7 Å². The number of benzene rings is 1. The molecule has 0 saturated carbocycles. The summed E-state index contributed by atoms with van der Waals surface area (Å²) >= 11 is 0. The van der Waals surface area contributed by atoms with Crippen molar-refractivity contribution in [2.45, 2.75) is 0 Å². The molecule has 0 atom stereocenters. The van der Waals surface area contributed by atoms with Crippen molar-refractivity contribution in [2.75, 3.05) is 46.4 Å². The molecule has 1 aliphatic heterocycles. The first kappa shape index (κ1) is 20.3. The van der Waals surface area contributed by atoms with Crippen molar-refractivity contribution < 1.29 is 23.7 Å². The highest BCUT2D eigenvalue weighted by Gasteiger charge is 2.25. The summed E-state index contributed by atoms with van der Waals surface area (Å²) in [7, 11) is 1.57. The Balaban J connectivity index is 1.40. The highest BCUT2D eigenvalue weighted by Crippen LogP contribution is 2.18. The van der Waals surface area contributed by atoms with Crippen molar-refractivity contribution in [1.29, 1.82) is 0 Å². The Morgan fingerprint density at radius 2 is 1.83 bits per heavy atom. The Hall–Kier alpha value is -3.40. The number of hydrogen-bond acceptors (Lipinski definition) is 7. The first-order valence-electron chi connectivity index (χ1n) is 9.16. The summed E-state index contributed by atoms with van der Waals surface area (Å²) in [6.07, 6.45) is 0. The molecule has 1 N–H and O–H groups in total. The fraction of sp³-hybridized carbons (Fsp3) is 0.368. The zero-order chi connectivity index (χ0) is 20.8. The summed E-state index contributed by atoms with van der Waals surface area (Å²) in [6, 6.07) is 9.38. The van der Waals surface area contributed by atoms with E-state index in [1.165, 1.54) is 12.1 Å². The number of nitrogens with one attached hydrogen (secondary N) is 1. The summed E-state index contributed by atoms with van der Waals surface area (Å²) in [5.41, 5.74) is 0.564. The minimum Gasteiger partial charge on any atom is -0.497 e. The van der Waals surface area contributed by atoms with Gasteiger partial charge in [0.15, 0.2) is 5.76 Å². The zero-order valence-corrected chi connectivity index (χ0v) is 16.0. The van der Waals surface area contributed by atoms with Crippen molar-refractivity contribution in [2.24, 2.45) is 0 Å². The Labute approximate surface area is 167 Å². The van der Waals surface area contributed by atoms with Gasteiger partial charge >= 0.3 is 5.88 Å². The highest BCUT2D eigenvalue weighted by atomic mass is 16.6. The van der Waals surface area contributed by atoms with E-state index < -0.39 is 10.8 Å². The van der Waals surface area contributed by atoms with Crippen LogP contribution in [0.5, 0.6) is 5.75 Å². The van der Waals surface area contributed by atoms with Gasteiger partial charge in [0.05, 0.1) is 13.2 Å². The van der Waals surface area contributed by atoms with Crippen LogP contribution in [0.3, 0.4) is 0 Å². The average molecular weight is 402 g/mol. The maximum atomic E-state index is 12.4. The number of furan rings is 1. The molecule has 0 unspecified atom stereocenters. The monoisotopic (exact) mass is 402 g/mol. The van der Waals surface area contributed by atoms with Crippen molar-refractivity contribution >= 4 is 17.7 Å². The van der Waals surface area contributed by atoms with Crippen LogP contribution < -0.4 is 10.1 Å². The minimum atomic E-state index is -0.672. The number of methoxy groups -OCH3 is 1. The van der Waals surface area contributed by atoms with Crippen LogP contribution in [0.15, 0.2) is 40.8 Å². The lowest BCUT2D eigenvalue weighted by atomic mass is 10.2. The number of ether oxygens (including phenoxy) is 1. The molecule has 1 aromatic carbocycles. The van der Waals surface area contributed by atoms with E-state index in [0.717, 1.165) is 0 Å². The van der Waals surface area contributed by atoms with Crippen LogP contribution in [0.2, 0.25) is 0 Å². The second-order valence-electron chi connectivity index (χ2n) is 6.51. The normalized spacial score (nSPS) is 14.4. The number of carbonyl (C=O) groups excluding carboxylic acids is 2. The molecule has 0 bridgehead atoms. The van der Waals surface area contributed by atoms with Crippen molar-refractivity contribution in [3.8, 4) is 5.75 Å². The van der Waals surface area contributed by atoms with E-state index in [4.69, 9.17) is 9.15 Å². The SMILES string of the molecule is COc1ccc(C(=O)NCCN2CCN(C(=O)c3ccc([N+](=O)[O-])o3)CC2)cc1. The number of rotatable bonds is 7. The van der Waals surface area contributed by atoms with Crippen LogP contribution in [-0.2, 0) is 0 Å². The van der Waals surface area contributed by atoms with E-state index in [0.29, 0.717) is 50.6 Å². The van der Waals surface area contributed by atoms with Crippen molar-refractivity contribution in [3.63, 3.8) is 0 Å². The van der Waals surface area contributed by atoms with Gasteiger partial charge in [-0.05, 0) is 30.3 Å². The molecular weight excluding hydrogens is 380 g/mol. The first-order chi connectivity index (χ1) is 14.0. The molecule has 2 amide bonds. The molecule has 3 rings (SSSR count). The van der Waals surface area contributed by atoms with Gasteiger partial charge < -0.3 is 19.4 Å². The summed E-state index contributed by atoms with van der Waals surface area (Å²) in [5.74, 6) is -0.291. The third kappa shape index (κ3) is 5.11. The molecule has 1 fully saturated rings. The summed E-state index contributed by atoms with van der Waals surface area (Å²) < 4.78 is 10.0. The number of nitro groups is 1. The lowest BCUT2D eigenvalue weighted by molar-refractivity contribution is -0.402. The van der Waals surface area contributed by atoms with Gasteiger partial charge in [0.1, 0.15) is 10.7 Å². The fourth-order valence-corrected chi connectivity index (χ4v) is 3.04. The molecule has 1 aromatic heterocycles. The maximum absolute atomic E-state index is 12.4. The van der Waals surface area contributed by atoms with Crippen molar-refractivity contribution in [1.82, 2.24) is 15.1 Å². The third-order valence-electron chi connectivity index (χ3n) is 4.71. The van der Waals surface area contributed by atoms with Crippen LogP contribution in [0, 0.1) is 10.1 Å². The molecular formula is C19H22N4O6. The van der Waals surface area contributed by atoms with Gasteiger partial charge in [0.2, 0.25) is 0 Å². The number of amides is 2. The lowest BCUT2D eigenvalue weighted by Gasteiger charge is -2.34. The Bertz CT molecular complexity index is 871. The van der Waals surface area contributed by atoms with Gasteiger partial charge in [-0.25, -0.2) is 0 Å². The van der Waals surface area contributed by atoms with Crippen molar-refractivity contribution in [3.05, 3.63) is 57.8 Å². The summed E-state index contributed by atoms with van der Waals surface area (Å²) in [4.78, 5) is 38.3.